The molecule has 26 heavy (non-hydrogen) atoms. The second kappa shape index (κ2) is 6.92. The maximum atomic E-state index is 12.5. The molecular formula is C19H20N2O4S. The molecule has 1 saturated heterocycles. The zero-order valence-corrected chi connectivity index (χ0v) is 15.4. The molecular weight excluding hydrogens is 352 g/mol. The Hall–Kier alpha value is -2.67. The molecule has 1 heterocycles. The van der Waals surface area contributed by atoms with E-state index >= 15 is 0 Å². The van der Waals surface area contributed by atoms with Crippen LogP contribution in [0.2, 0.25) is 0 Å². The molecule has 0 bridgehead atoms. The van der Waals surface area contributed by atoms with Crippen LogP contribution < -0.4 is 9.62 Å². The van der Waals surface area contributed by atoms with E-state index in [-0.39, 0.29) is 23.4 Å². The van der Waals surface area contributed by atoms with Gasteiger partial charge >= 0.3 is 0 Å². The molecule has 0 unspecified atom stereocenters. The first-order chi connectivity index (χ1) is 12.3. The molecule has 6 nitrogen and oxygen atoms in total. The van der Waals surface area contributed by atoms with Gasteiger partial charge in [-0.2, -0.15) is 0 Å². The highest BCUT2D eigenvalue weighted by Gasteiger charge is 2.42. The molecule has 2 atom stereocenters. The fourth-order valence-electron chi connectivity index (χ4n) is 2.97. The van der Waals surface area contributed by atoms with Crippen LogP contribution in [0.1, 0.15) is 35.8 Å². The van der Waals surface area contributed by atoms with Crippen molar-refractivity contribution in [1.82, 2.24) is 5.32 Å². The smallest absolute Gasteiger partial charge is 0.251 e. The number of hydrogen-bond donors (Lipinski definition) is 1. The lowest BCUT2D eigenvalue weighted by atomic mass is 10.1. The predicted molar refractivity (Wildman–Crippen MR) is 99.2 cm³/mol. The second-order valence-electron chi connectivity index (χ2n) is 6.44. The number of carbonyl (C=O) groups is 2. The number of nitrogens with one attached hydrogen (secondary N) is 1. The summed E-state index contributed by atoms with van der Waals surface area (Å²) in [6, 6.07) is 15.4. The number of amides is 2. The van der Waals surface area contributed by atoms with Crippen molar-refractivity contribution in [3.8, 4) is 0 Å². The summed E-state index contributed by atoms with van der Waals surface area (Å²) in [7, 11) is -3.69. The van der Waals surface area contributed by atoms with Gasteiger partial charge in [0.15, 0.2) is 0 Å². The molecule has 1 N–H and O–H groups in total. The normalized spacial score (nSPS) is 20.0. The van der Waals surface area contributed by atoms with Gasteiger partial charge in [0.05, 0.1) is 23.4 Å². The summed E-state index contributed by atoms with van der Waals surface area (Å²) in [6.45, 7) is 3.45. The van der Waals surface area contributed by atoms with Gasteiger partial charge < -0.3 is 5.32 Å². The van der Waals surface area contributed by atoms with Crippen molar-refractivity contribution in [2.24, 2.45) is 5.92 Å². The van der Waals surface area contributed by atoms with Gasteiger partial charge in [-0.3, -0.25) is 9.59 Å². The Labute approximate surface area is 152 Å². The van der Waals surface area contributed by atoms with Crippen molar-refractivity contribution in [2.45, 2.75) is 19.9 Å². The van der Waals surface area contributed by atoms with Crippen LogP contribution in [-0.2, 0) is 14.8 Å². The number of sulfonamides is 1. The van der Waals surface area contributed by atoms with Crippen molar-refractivity contribution in [3.05, 3.63) is 65.7 Å². The van der Waals surface area contributed by atoms with Crippen molar-refractivity contribution in [2.75, 3.05) is 10.1 Å². The van der Waals surface area contributed by atoms with E-state index < -0.39 is 21.8 Å². The summed E-state index contributed by atoms with van der Waals surface area (Å²) in [5.74, 6) is -1.61. The highest BCUT2D eigenvalue weighted by molar-refractivity contribution is 7.94. The minimum Gasteiger partial charge on any atom is -0.346 e. The summed E-state index contributed by atoms with van der Waals surface area (Å²) in [5, 5.41) is 2.88. The van der Waals surface area contributed by atoms with E-state index in [2.05, 4.69) is 5.32 Å². The highest BCUT2D eigenvalue weighted by atomic mass is 32.2. The average molecular weight is 372 g/mol. The van der Waals surface area contributed by atoms with Crippen LogP contribution in [0.3, 0.4) is 0 Å². The molecule has 2 aromatic carbocycles. The molecule has 0 aromatic heterocycles. The topological polar surface area (TPSA) is 83.6 Å². The quantitative estimate of drug-likeness (QED) is 0.894. The van der Waals surface area contributed by atoms with E-state index in [1.54, 1.807) is 19.1 Å². The number of carbonyl (C=O) groups excluding carboxylic acids is 2. The van der Waals surface area contributed by atoms with Crippen LogP contribution >= 0.6 is 0 Å². The third-order valence-corrected chi connectivity index (χ3v) is 6.22. The van der Waals surface area contributed by atoms with E-state index in [1.807, 2.05) is 37.3 Å². The number of anilines is 1. The summed E-state index contributed by atoms with van der Waals surface area (Å²) in [5.41, 5.74) is 1.45. The zero-order valence-electron chi connectivity index (χ0n) is 14.5. The molecule has 1 aliphatic heterocycles. The third-order valence-electron chi connectivity index (χ3n) is 4.35. The molecule has 1 aliphatic rings. The second-order valence-corrected chi connectivity index (χ2v) is 8.30. The fraction of sp³-hybridized carbons (Fsp3) is 0.263. The lowest BCUT2D eigenvalue weighted by Crippen LogP contribution is -2.31. The molecule has 3 rings (SSSR count). The predicted octanol–water partition coefficient (Wildman–Crippen LogP) is 2.49. The Kier molecular flexibility index (Phi) is 4.82. The Morgan fingerprint density at radius 1 is 1.15 bits per heavy atom. The average Bonchev–Trinajstić information content (AvgIpc) is 2.82. The third kappa shape index (κ3) is 3.48. The van der Waals surface area contributed by atoms with Gasteiger partial charge in [-0.1, -0.05) is 43.3 Å². The highest BCUT2D eigenvalue weighted by Crippen LogP contribution is 2.28. The maximum Gasteiger partial charge on any atom is 0.251 e. The molecule has 0 aliphatic carbocycles. The van der Waals surface area contributed by atoms with Crippen LogP contribution in [0, 0.1) is 5.92 Å². The molecule has 0 radical (unpaired) electrons. The SMILES string of the molecule is C[C@@H]1CS(=O)(=O)N(c2cccc(C(=O)N[C@H](C)c3ccccc3)c2)C1=O. The lowest BCUT2D eigenvalue weighted by Gasteiger charge is -2.17. The van der Waals surface area contributed by atoms with Crippen LogP contribution in [0.5, 0.6) is 0 Å². The molecule has 2 aromatic rings. The first kappa shape index (κ1) is 18.1. The summed E-state index contributed by atoms with van der Waals surface area (Å²) < 4.78 is 25.3. The minimum absolute atomic E-state index is 0.194. The van der Waals surface area contributed by atoms with Gasteiger partial charge in [0.2, 0.25) is 15.9 Å². The number of rotatable bonds is 4. The van der Waals surface area contributed by atoms with E-state index in [4.69, 9.17) is 0 Å². The van der Waals surface area contributed by atoms with E-state index in [0.29, 0.717) is 5.56 Å². The van der Waals surface area contributed by atoms with Crippen LogP contribution in [-0.4, -0.2) is 26.0 Å². The number of nitrogens with zero attached hydrogens (tertiary/aromatic N) is 1. The molecule has 1 fully saturated rings. The number of benzene rings is 2. The Balaban J connectivity index is 1.83. The Bertz CT molecular complexity index is 941. The summed E-state index contributed by atoms with van der Waals surface area (Å²) in [4.78, 5) is 24.8. The first-order valence-electron chi connectivity index (χ1n) is 8.32. The summed E-state index contributed by atoms with van der Waals surface area (Å²) >= 11 is 0. The van der Waals surface area contributed by atoms with Gasteiger partial charge in [-0.15, -0.1) is 0 Å². The standard InChI is InChI=1S/C19H20N2O4S/c1-13-12-26(24,25)21(19(13)23)17-10-6-9-16(11-17)18(22)20-14(2)15-7-4-3-5-8-15/h3-11,13-14H,12H2,1-2H3,(H,20,22)/t13-,14-/m1/s1. The van der Waals surface area contributed by atoms with Gasteiger partial charge in [0, 0.05) is 5.56 Å². The lowest BCUT2D eigenvalue weighted by molar-refractivity contribution is -0.119. The number of hydrogen-bond acceptors (Lipinski definition) is 4. The Morgan fingerprint density at radius 3 is 2.46 bits per heavy atom. The van der Waals surface area contributed by atoms with E-state index in [0.717, 1.165) is 9.87 Å². The molecule has 136 valence electrons. The van der Waals surface area contributed by atoms with Crippen LogP contribution in [0.4, 0.5) is 5.69 Å². The Morgan fingerprint density at radius 2 is 1.85 bits per heavy atom. The van der Waals surface area contributed by atoms with Gasteiger partial charge in [0.1, 0.15) is 0 Å². The zero-order chi connectivity index (χ0) is 18.9. The molecule has 0 saturated carbocycles. The largest absolute Gasteiger partial charge is 0.346 e. The van der Waals surface area contributed by atoms with Crippen molar-refractivity contribution in [1.29, 1.82) is 0 Å². The monoisotopic (exact) mass is 372 g/mol. The van der Waals surface area contributed by atoms with Crippen LogP contribution in [0.25, 0.3) is 0 Å². The van der Waals surface area contributed by atoms with Gasteiger partial charge in [-0.25, -0.2) is 12.7 Å². The molecule has 0 spiro atoms. The van der Waals surface area contributed by atoms with Crippen molar-refractivity contribution in [3.63, 3.8) is 0 Å². The van der Waals surface area contributed by atoms with Gasteiger partial charge in [-0.05, 0) is 30.7 Å². The first-order valence-corrected chi connectivity index (χ1v) is 9.93. The van der Waals surface area contributed by atoms with E-state index in [9.17, 15) is 18.0 Å². The summed E-state index contributed by atoms with van der Waals surface area (Å²) in [6.07, 6.45) is 0. The molecule has 2 amide bonds. The van der Waals surface area contributed by atoms with Gasteiger partial charge in [0.25, 0.3) is 5.91 Å². The van der Waals surface area contributed by atoms with Crippen LogP contribution in [0.15, 0.2) is 54.6 Å². The van der Waals surface area contributed by atoms with Crippen molar-refractivity contribution >= 4 is 27.5 Å². The molecule has 7 heteroatoms. The van der Waals surface area contributed by atoms with E-state index in [1.165, 1.54) is 12.1 Å². The maximum absolute atomic E-state index is 12.5. The van der Waals surface area contributed by atoms with Crippen molar-refractivity contribution < 1.29 is 18.0 Å². The fourth-order valence-corrected chi connectivity index (χ4v) is 4.78. The minimum atomic E-state index is -3.69.